The van der Waals surface area contributed by atoms with Crippen molar-refractivity contribution in [3.63, 3.8) is 0 Å². The van der Waals surface area contributed by atoms with Gasteiger partial charge in [-0.15, -0.1) is 0 Å². The Hall–Kier alpha value is -1.43. The van der Waals surface area contributed by atoms with E-state index in [0.29, 0.717) is 0 Å². The Morgan fingerprint density at radius 2 is 2.08 bits per heavy atom. The summed E-state index contributed by atoms with van der Waals surface area (Å²) < 4.78 is 36.3. The van der Waals surface area contributed by atoms with Crippen LogP contribution in [0.5, 0.6) is 0 Å². The largest absolute Gasteiger partial charge is 0.278 e. The van der Waals surface area contributed by atoms with Crippen LogP contribution >= 0.6 is 0 Å². The van der Waals surface area contributed by atoms with Gasteiger partial charge in [-0.05, 0) is 18.2 Å². The fourth-order valence-corrected chi connectivity index (χ4v) is 1.55. The molecule has 0 radical (unpaired) electrons. The first-order valence-electron chi connectivity index (χ1n) is 3.28. The molecule has 1 amide bonds. The second-order valence-corrected chi connectivity index (χ2v) is 3.91. The number of benzene rings is 1. The number of sulfonamides is 1. The third-order valence-corrected chi connectivity index (χ3v) is 2.59. The van der Waals surface area contributed by atoms with Crippen LogP contribution < -0.4 is 4.72 Å². The topological polar surface area (TPSA) is 63.2 Å². The molecule has 6 heteroatoms. The first kappa shape index (κ1) is 9.66. The minimum Gasteiger partial charge on any atom is -0.278 e. The van der Waals surface area contributed by atoms with Crippen molar-refractivity contribution in [2.75, 3.05) is 0 Å². The van der Waals surface area contributed by atoms with Gasteiger partial charge in [-0.2, -0.15) is 0 Å². The number of nitrogens with one attached hydrogen (secondary N) is 1. The molecule has 0 atom stereocenters. The van der Waals surface area contributed by atoms with Gasteiger partial charge in [0.15, 0.2) is 0 Å². The highest BCUT2D eigenvalue weighted by Crippen LogP contribution is 2.09. The molecule has 0 heterocycles. The molecule has 0 aromatic heterocycles. The maximum Gasteiger partial charge on any atom is 0.263 e. The highest BCUT2D eigenvalue weighted by molar-refractivity contribution is 7.90. The molecular formula is C7H6FNO3S. The van der Waals surface area contributed by atoms with E-state index >= 15 is 0 Å². The summed E-state index contributed by atoms with van der Waals surface area (Å²) >= 11 is 0. The molecule has 1 rings (SSSR count). The van der Waals surface area contributed by atoms with Crippen LogP contribution in [0.1, 0.15) is 0 Å². The summed E-state index contributed by atoms with van der Waals surface area (Å²) in [5, 5.41) is 0. The summed E-state index contributed by atoms with van der Waals surface area (Å²) in [6.45, 7) is 0. The number of hydrogen-bond donors (Lipinski definition) is 1. The van der Waals surface area contributed by atoms with Gasteiger partial charge in [0, 0.05) is 0 Å². The van der Waals surface area contributed by atoms with E-state index in [4.69, 9.17) is 0 Å². The number of carbonyl (C=O) groups is 1. The van der Waals surface area contributed by atoms with Gasteiger partial charge in [0.05, 0.1) is 4.90 Å². The zero-order valence-electron chi connectivity index (χ0n) is 6.40. The van der Waals surface area contributed by atoms with Gasteiger partial charge in [0.25, 0.3) is 10.0 Å². The second-order valence-electron chi connectivity index (χ2n) is 2.20. The van der Waals surface area contributed by atoms with Crippen LogP contribution in [0.3, 0.4) is 0 Å². The van der Waals surface area contributed by atoms with Gasteiger partial charge in [-0.25, -0.2) is 12.8 Å². The summed E-state index contributed by atoms with van der Waals surface area (Å²) in [6, 6.07) is 4.37. The van der Waals surface area contributed by atoms with Gasteiger partial charge in [-0.3, -0.25) is 9.52 Å². The molecule has 1 aromatic carbocycles. The average molecular weight is 203 g/mol. The molecule has 0 saturated carbocycles. The van der Waals surface area contributed by atoms with E-state index < -0.39 is 15.8 Å². The molecule has 0 aliphatic heterocycles. The van der Waals surface area contributed by atoms with Crippen LogP contribution in [0.2, 0.25) is 0 Å². The lowest BCUT2D eigenvalue weighted by Gasteiger charge is -2.00. The SMILES string of the molecule is O=CNS(=O)(=O)c1cccc(F)c1. The molecule has 1 aromatic rings. The number of halogens is 1. The molecule has 0 aliphatic rings. The van der Waals surface area contributed by atoms with Crippen molar-refractivity contribution in [1.82, 2.24) is 4.72 Å². The number of carbonyl (C=O) groups excluding carboxylic acids is 1. The Morgan fingerprint density at radius 1 is 1.38 bits per heavy atom. The van der Waals surface area contributed by atoms with E-state index in [0.717, 1.165) is 12.1 Å². The van der Waals surface area contributed by atoms with Crippen LogP contribution in [0.25, 0.3) is 0 Å². The minimum atomic E-state index is -3.89. The molecule has 0 spiro atoms. The van der Waals surface area contributed by atoms with E-state index in [1.807, 2.05) is 0 Å². The Morgan fingerprint density at radius 3 is 2.62 bits per heavy atom. The van der Waals surface area contributed by atoms with Crippen LogP contribution in [0.4, 0.5) is 4.39 Å². The predicted molar refractivity (Wildman–Crippen MR) is 42.8 cm³/mol. The highest BCUT2D eigenvalue weighted by atomic mass is 32.2. The quantitative estimate of drug-likeness (QED) is 0.717. The summed E-state index contributed by atoms with van der Waals surface area (Å²) in [5.74, 6) is -0.672. The number of amides is 1. The smallest absolute Gasteiger partial charge is 0.263 e. The molecule has 0 saturated heterocycles. The summed E-state index contributed by atoms with van der Waals surface area (Å²) in [5.41, 5.74) is 0. The molecule has 1 N–H and O–H groups in total. The fraction of sp³-hybridized carbons (Fsp3) is 0. The van der Waals surface area contributed by atoms with Crippen LogP contribution in [0, 0.1) is 5.82 Å². The maximum absolute atomic E-state index is 12.6. The van der Waals surface area contributed by atoms with E-state index in [1.165, 1.54) is 12.1 Å². The zero-order valence-corrected chi connectivity index (χ0v) is 7.21. The van der Waals surface area contributed by atoms with Crippen molar-refractivity contribution in [1.29, 1.82) is 0 Å². The fourth-order valence-electron chi connectivity index (χ4n) is 0.766. The van der Waals surface area contributed by atoms with Crippen LogP contribution in [-0.2, 0) is 14.8 Å². The molecule has 4 nitrogen and oxygen atoms in total. The highest BCUT2D eigenvalue weighted by Gasteiger charge is 2.12. The average Bonchev–Trinajstić information content (AvgIpc) is 2.04. The van der Waals surface area contributed by atoms with Crippen molar-refractivity contribution >= 4 is 16.4 Å². The Balaban J connectivity index is 3.15. The normalized spacial score (nSPS) is 10.8. The third kappa shape index (κ3) is 2.25. The summed E-state index contributed by atoms with van der Waals surface area (Å²) in [4.78, 5) is 9.62. The van der Waals surface area contributed by atoms with Crippen molar-refractivity contribution < 1.29 is 17.6 Å². The lowest BCUT2D eigenvalue weighted by Crippen LogP contribution is -2.21. The lowest BCUT2D eigenvalue weighted by atomic mass is 10.4. The Labute approximate surface area is 74.4 Å². The molecular weight excluding hydrogens is 197 g/mol. The van der Waals surface area contributed by atoms with Crippen LogP contribution in [0.15, 0.2) is 29.2 Å². The monoisotopic (exact) mass is 203 g/mol. The van der Waals surface area contributed by atoms with E-state index in [1.54, 1.807) is 4.72 Å². The van der Waals surface area contributed by atoms with Gasteiger partial charge >= 0.3 is 0 Å². The van der Waals surface area contributed by atoms with Gasteiger partial charge in [0.1, 0.15) is 5.82 Å². The van der Waals surface area contributed by atoms with E-state index in [2.05, 4.69) is 0 Å². The van der Waals surface area contributed by atoms with Crippen molar-refractivity contribution in [3.05, 3.63) is 30.1 Å². The second kappa shape index (κ2) is 3.53. The first-order valence-corrected chi connectivity index (χ1v) is 4.76. The number of rotatable bonds is 3. The van der Waals surface area contributed by atoms with Crippen LogP contribution in [-0.4, -0.2) is 14.8 Å². The minimum absolute atomic E-state index is 0.0280. The molecule has 0 bridgehead atoms. The van der Waals surface area contributed by atoms with Gasteiger partial charge in [-0.1, -0.05) is 6.07 Å². The zero-order chi connectivity index (χ0) is 9.90. The third-order valence-electron chi connectivity index (χ3n) is 1.31. The van der Waals surface area contributed by atoms with Crippen molar-refractivity contribution in [3.8, 4) is 0 Å². The van der Waals surface area contributed by atoms with Gasteiger partial charge in [0.2, 0.25) is 6.41 Å². The summed E-state index contributed by atoms with van der Waals surface area (Å²) in [6.07, 6.45) is 0.0280. The van der Waals surface area contributed by atoms with Crippen molar-refractivity contribution in [2.45, 2.75) is 4.90 Å². The maximum atomic E-state index is 12.6. The molecule has 0 aliphatic carbocycles. The Bertz CT molecular complexity index is 416. The standard InChI is InChI=1S/C7H6FNO3S/c8-6-2-1-3-7(4-6)13(11,12)9-5-10/h1-5H,(H,9,10). The first-order chi connectivity index (χ1) is 6.06. The molecule has 0 unspecified atom stereocenters. The molecule has 70 valence electrons. The number of hydrogen-bond acceptors (Lipinski definition) is 3. The lowest BCUT2D eigenvalue weighted by molar-refractivity contribution is -0.108. The predicted octanol–water partition coefficient (Wildman–Crippen LogP) is 0.260. The Kier molecular flexibility index (Phi) is 2.62. The summed E-state index contributed by atoms with van der Waals surface area (Å²) in [7, 11) is -3.89. The van der Waals surface area contributed by atoms with Crippen molar-refractivity contribution in [2.24, 2.45) is 0 Å². The van der Waals surface area contributed by atoms with E-state index in [-0.39, 0.29) is 11.3 Å². The molecule has 0 fully saturated rings. The van der Waals surface area contributed by atoms with Gasteiger partial charge < -0.3 is 0 Å². The van der Waals surface area contributed by atoms with E-state index in [9.17, 15) is 17.6 Å². The molecule has 13 heavy (non-hydrogen) atoms.